The first-order valence-electron chi connectivity index (χ1n) is 7.80. The molecular formula is C18H22N2O. The summed E-state index contributed by atoms with van der Waals surface area (Å²) in [5.74, 6) is 0.0535. The van der Waals surface area contributed by atoms with Crippen LogP contribution < -0.4 is 5.32 Å². The van der Waals surface area contributed by atoms with E-state index in [0.717, 1.165) is 35.4 Å². The molecule has 1 amide bonds. The van der Waals surface area contributed by atoms with Gasteiger partial charge in [0.25, 0.3) is 5.91 Å². The van der Waals surface area contributed by atoms with Crippen LogP contribution in [0.15, 0.2) is 36.4 Å². The van der Waals surface area contributed by atoms with Crippen molar-refractivity contribution in [2.75, 3.05) is 0 Å². The Bertz CT molecular complexity index is 609. The highest BCUT2D eigenvalue weighted by molar-refractivity contribution is 5.97. The standard InChI is InChI=1S/C18H22N2O/c1-13-16(18(21)20-15-10-6-3-7-11-15)12-17(19-13)14-8-4-2-5-9-14/h2,4-5,8-9,12,15,19H,3,6-7,10-11H2,1H3,(H,20,21). The molecule has 0 bridgehead atoms. The third-order valence-corrected chi connectivity index (χ3v) is 4.28. The van der Waals surface area contributed by atoms with E-state index in [1.807, 2.05) is 43.3 Å². The summed E-state index contributed by atoms with van der Waals surface area (Å²) in [6.45, 7) is 1.96. The van der Waals surface area contributed by atoms with E-state index >= 15 is 0 Å². The number of aromatic amines is 1. The van der Waals surface area contributed by atoms with Crippen LogP contribution in [0.25, 0.3) is 11.3 Å². The molecule has 1 aliphatic carbocycles. The van der Waals surface area contributed by atoms with Gasteiger partial charge in [0.2, 0.25) is 0 Å². The summed E-state index contributed by atoms with van der Waals surface area (Å²) in [4.78, 5) is 15.8. The average molecular weight is 282 g/mol. The second-order valence-corrected chi connectivity index (χ2v) is 5.90. The first-order valence-corrected chi connectivity index (χ1v) is 7.80. The van der Waals surface area contributed by atoms with Crippen LogP contribution in [0.2, 0.25) is 0 Å². The van der Waals surface area contributed by atoms with Crippen LogP contribution >= 0.6 is 0 Å². The number of hydrogen-bond donors (Lipinski definition) is 2. The molecule has 3 nitrogen and oxygen atoms in total. The van der Waals surface area contributed by atoms with Crippen molar-refractivity contribution in [3.63, 3.8) is 0 Å². The molecule has 1 saturated carbocycles. The summed E-state index contributed by atoms with van der Waals surface area (Å²) in [5.41, 5.74) is 3.81. The minimum absolute atomic E-state index is 0.0535. The Kier molecular flexibility index (Phi) is 4.09. The van der Waals surface area contributed by atoms with Crippen LogP contribution in [-0.4, -0.2) is 16.9 Å². The van der Waals surface area contributed by atoms with Gasteiger partial charge in [-0.1, -0.05) is 49.6 Å². The molecular weight excluding hydrogens is 260 g/mol. The number of rotatable bonds is 3. The van der Waals surface area contributed by atoms with E-state index in [1.165, 1.54) is 19.3 Å². The number of carbonyl (C=O) groups is 1. The highest BCUT2D eigenvalue weighted by Gasteiger charge is 2.19. The summed E-state index contributed by atoms with van der Waals surface area (Å²) < 4.78 is 0. The summed E-state index contributed by atoms with van der Waals surface area (Å²) in [6, 6.07) is 12.4. The van der Waals surface area contributed by atoms with Gasteiger partial charge < -0.3 is 10.3 Å². The fraction of sp³-hybridized carbons (Fsp3) is 0.389. The summed E-state index contributed by atoms with van der Waals surface area (Å²) in [7, 11) is 0. The number of hydrogen-bond acceptors (Lipinski definition) is 1. The second kappa shape index (κ2) is 6.17. The van der Waals surface area contributed by atoms with Crippen LogP contribution in [0.5, 0.6) is 0 Å². The van der Waals surface area contributed by atoms with E-state index in [9.17, 15) is 4.79 Å². The predicted octanol–water partition coefficient (Wildman–Crippen LogP) is 4.05. The van der Waals surface area contributed by atoms with Crippen molar-refractivity contribution in [3.8, 4) is 11.3 Å². The van der Waals surface area contributed by atoms with E-state index in [-0.39, 0.29) is 5.91 Å². The first kappa shape index (κ1) is 13.9. The van der Waals surface area contributed by atoms with Gasteiger partial charge in [0.1, 0.15) is 0 Å². The maximum atomic E-state index is 12.4. The molecule has 0 saturated heterocycles. The predicted molar refractivity (Wildman–Crippen MR) is 85.3 cm³/mol. The van der Waals surface area contributed by atoms with Crippen molar-refractivity contribution in [2.24, 2.45) is 0 Å². The van der Waals surface area contributed by atoms with Gasteiger partial charge in [0.05, 0.1) is 5.56 Å². The Morgan fingerprint density at radius 1 is 1.14 bits per heavy atom. The number of H-pyrrole nitrogens is 1. The lowest BCUT2D eigenvalue weighted by Crippen LogP contribution is -2.36. The molecule has 1 aliphatic rings. The highest BCUT2D eigenvalue weighted by atomic mass is 16.1. The molecule has 3 heteroatoms. The molecule has 0 radical (unpaired) electrons. The summed E-state index contributed by atoms with van der Waals surface area (Å²) in [5, 5.41) is 3.18. The zero-order chi connectivity index (χ0) is 14.7. The molecule has 2 N–H and O–H groups in total. The van der Waals surface area contributed by atoms with E-state index in [1.54, 1.807) is 0 Å². The van der Waals surface area contributed by atoms with Crippen molar-refractivity contribution in [1.82, 2.24) is 10.3 Å². The monoisotopic (exact) mass is 282 g/mol. The molecule has 1 aromatic carbocycles. The normalized spacial score (nSPS) is 15.9. The molecule has 0 unspecified atom stereocenters. The largest absolute Gasteiger partial charge is 0.358 e. The Balaban J connectivity index is 1.76. The fourth-order valence-corrected chi connectivity index (χ4v) is 3.08. The molecule has 0 aliphatic heterocycles. The van der Waals surface area contributed by atoms with Gasteiger partial charge in [-0.3, -0.25) is 4.79 Å². The fourth-order valence-electron chi connectivity index (χ4n) is 3.08. The lowest BCUT2D eigenvalue weighted by Gasteiger charge is -2.22. The van der Waals surface area contributed by atoms with Crippen LogP contribution in [-0.2, 0) is 0 Å². The molecule has 2 aromatic rings. The van der Waals surface area contributed by atoms with E-state index in [0.29, 0.717) is 6.04 Å². The third kappa shape index (κ3) is 3.18. The van der Waals surface area contributed by atoms with Crippen LogP contribution in [0.4, 0.5) is 0 Å². The Hall–Kier alpha value is -2.03. The molecule has 1 aromatic heterocycles. The van der Waals surface area contributed by atoms with Gasteiger partial charge in [0.15, 0.2) is 0 Å². The molecule has 1 heterocycles. The van der Waals surface area contributed by atoms with Gasteiger partial charge in [-0.25, -0.2) is 0 Å². The number of aryl methyl sites for hydroxylation is 1. The van der Waals surface area contributed by atoms with Crippen LogP contribution in [0, 0.1) is 6.92 Å². The number of aromatic nitrogens is 1. The Morgan fingerprint density at radius 2 is 1.86 bits per heavy atom. The van der Waals surface area contributed by atoms with Crippen LogP contribution in [0.3, 0.4) is 0 Å². The van der Waals surface area contributed by atoms with E-state index in [2.05, 4.69) is 10.3 Å². The SMILES string of the molecule is Cc1[nH]c(-c2ccccc2)cc1C(=O)NC1CCCCC1. The second-order valence-electron chi connectivity index (χ2n) is 5.90. The lowest BCUT2D eigenvalue weighted by molar-refractivity contribution is 0.0927. The smallest absolute Gasteiger partial charge is 0.253 e. The lowest BCUT2D eigenvalue weighted by atomic mass is 9.95. The minimum Gasteiger partial charge on any atom is -0.358 e. The minimum atomic E-state index is 0.0535. The molecule has 0 spiro atoms. The topological polar surface area (TPSA) is 44.9 Å². The maximum Gasteiger partial charge on any atom is 0.253 e. The van der Waals surface area contributed by atoms with Crippen molar-refractivity contribution in [1.29, 1.82) is 0 Å². The number of nitrogens with one attached hydrogen (secondary N) is 2. The van der Waals surface area contributed by atoms with Crippen molar-refractivity contribution in [3.05, 3.63) is 47.7 Å². The quantitative estimate of drug-likeness (QED) is 0.876. The first-order chi connectivity index (χ1) is 10.2. The Morgan fingerprint density at radius 3 is 2.57 bits per heavy atom. The maximum absolute atomic E-state index is 12.4. The molecule has 21 heavy (non-hydrogen) atoms. The number of benzene rings is 1. The van der Waals surface area contributed by atoms with Crippen molar-refractivity contribution < 1.29 is 4.79 Å². The molecule has 3 rings (SSSR count). The number of carbonyl (C=O) groups excluding carboxylic acids is 1. The van der Waals surface area contributed by atoms with Gasteiger partial charge in [0, 0.05) is 17.4 Å². The summed E-state index contributed by atoms with van der Waals surface area (Å²) >= 11 is 0. The van der Waals surface area contributed by atoms with Gasteiger partial charge in [-0.2, -0.15) is 0 Å². The highest BCUT2D eigenvalue weighted by Crippen LogP contribution is 2.22. The van der Waals surface area contributed by atoms with Gasteiger partial charge in [-0.15, -0.1) is 0 Å². The molecule has 1 fully saturated rings. The average Bonchev–Trinajstić information content (AvgIpc) is 2.91. The van der Waals surface area contributed by atoms with Gasteiger partial charge >= 0.3 is 0 Å². The van der Waals surface area contributed by atoms with Crippen molar-refractivity contribution >= 4 is 5.91 Å². The zero-order valence-electron chi connectivity index (χ0n) is 12.5. The molecule has 110 valence electrons. The Labute approximate surface area is 125 Å². The zero-order valence-corrected chi connectivity index (χ0v) is 12.5. The summed E-state index contributed by atoms with van der Waals surface area (Å²) in [6.07, 6.45) is 5.98. The third-order valence-electron chi connectivity index (χ3n) is 4.28. The van der Waals surface area contributed by atoms with Crippen molar-refractivity contribution in [2.45, 2.75) is 45.1 Å². The van der Waals surface area contributed by atoms with E-state index < -0.39 is 0 Å². The van der Waals surface area contributed by atoms with Crippen LogP contribution in [0.1, 0.15) is 48.2 Å². The molecule has 0 atom stereocenters. The number of amides is 1. The van der Waals surface area contributed by atoms with Gasteiger partial charge in [-0.05, 0) is 31.4 Å². The van der Waals surface area contributed by atoms with E-state index in [4.69, 9.17) is 0 Å².